The van der Waals surface area contributed by atoms with Crippen LogP contribution in [0.1, 0.15) is 55.2 Å². The summed E-state index contributed by atoms with van der Waals surface area (Å²) in [7, 11) is -10.1. The van der Waals surface area contributed by atoms with Crippen LogP contribution in [-0.2, 0) is 58.6 Å². The van der Waals surface area contributed by atoms with Gasteiger partial charge in [-0.05, 0) is 95.5 Å². The Morgan fingerprint density at radius 3 is 1.67 bits per heavy atom. The van der Waals surface area contributed by atoms with Crippen LogP contribution in [0.5, 0.6) is 0 Å². The molecule has 294 valence electrons. The molecular weight excluding hydrogens is 816 g/mol. The van der Waals surface area contributed by atoms with Crippen molar-refractivity contribution < 1.29 is 38.6 Å². The minimum Gasteiger partial charge on any atom is -0.748 e. The van der Waals surface area contributed by atoms with Crippen molar-refractivity contribution in [2.45, 2.75) is 58.2 Å². The fraction of sp³-hybridized carbons (Fsp3) is 0.455. The number of benzene rings is 3. The molecule has 2 heterocycles. The maximum Gasteiger partial charge on any atom is 0.339 e. The lowest BCUT2D eigenvalue weighted by atomic mass is 10.2. The summed E-state index contributed by atoms with van der Waals surface area (Å²) in [6.45, 7) is 3.69. The number of nitrogens with zero attached hydrogens (tertiary/aromatic N) is 1. The zero-order chi connectivity index (χ0) is 38.9. The number of unbranched alkanes of at least 4 members (excludes halogenated alkanes) is 1. The quantitative estimate of drug-likeness (QED) is 0.0943. The van der Waals surface area contributed by atoms with E-state index in [1.54, 1.807) is 4.31 Å². The van der Waals surface area contributed by atoms with Gasteiger partial charge in [-0.1, -0.05) is 91.0 Å². The van der Waals surface area contributed by atoms with Crippen molar-refractivity contribution in [3.05, 3.63) is 108 Å². The Morgan fingerprint density at radius 1 is 0.769 bits per heavy atom. The molecule has 3 aromatic carbocycles. The Kier molecular flexibility index (Phi) is 24.5. The average molecular weight is 864 g/mol. The van der Waals surface area contributed by atoms with E-state index < -0.39 is 35.5 Å². The zero-order valence-electron chi connectivity index (χ0n) is 28.8. The van der Waals surface area contributed by atoms with Crippen molar-refractivity contribution in [2.75, 3.05) is 37.0 Å². The second-order valence-electron chi connectivity index (χ2n) is 11.4. The minimum atomic E-state index is -4.04. The highest BCUT2D eigenvalue weighted by Crippen LogP contribution is 2.61. The number of hydrogen-bond acceptors (Lipinski definition) is 11. The van der Waals surface area contributed by atoms with Gasteiger partial charge >= 0.3 is 5.20 Å². The molecule has 19 heteroatoms. The molecule has 2 fully saturated rings. The van der Waals surface area contributed by atoms with Crippen molar-refractivity contribution in [2.24, 2.45) is 5.73 Å². The van der Waals surface area contributed by atoms with Crippen LogP contribution >= 0.6 is 38.9 Å². The summed E-state index contributed by atoms with van der Waals surface area (Å²) in [5.41, 5.74) is 8.79. The summed E-state index contributed by atoms with van der Waals surface area (Å²) < 4.78 is 90.7. The molecule has 0 amide bonds. The molecule has 0 radical (unpaired) electrons. The van der Waals surface area contributed by atoms with Crippen LogP contribution in [0.2, 0.25) is 0 Å². The molecule has 3 N–H and O–H groups in total. The summed E-state index contributed by atoms with van der Waals surface area (Å²) in [6.07, 6.45) is 4.53. The average Bonchev–Trinajstić information content (AvgIpc) is 3.08. The van der Waals surface area contributed by atoms with E-state index >= 15 is 0 Å². The van der Waals surface area contributed by atoms with Crippen LogP contribution in [0.3, 0.4) is 0 Å². The third-order valence-corrected chi connectivity index (χ3v) is 11.0. The van der Waals surface area contributed by atoms with Gasteiger partial charge in [0.2, 0.25) is 10.0 Å². The first-order valence-corrected chi connectivity index (χ1v) is 25.6. The molecule has 3 aromatic rings. The van der Waals surface area contributed by atoms with Crippen molar-refractivity contribution >= 4 is 69.2 Å². The van der Waals surface area contributed by atoms with Crippen molar-refractivity contribution in [1.29, 1.82) is 0 Å². The smallest absolute Gasteiger partial charge is 0.339 e. The van der Waals surface area contributed by atoms with E-state index in [1.165, 1.54) is 11.1 Å². The second-order valence-corrected chi connectivity index (χ2v) is 23.4. The van der Waals surface area contributed by atoms with Gasteiger partial charge in [-0.3, -0.25) is 8.75 Å². The molecule has 0 saturated carbocycles. The molecular formula is C33H48Cl3N3O9PS3-. The monoisotopic (exact) mass is 862 g/mol. The number of halogens is 3. The number of nitrogens with one attached hydrogen (secondary N) is 1. The second kappa shape index (κ2) is 26.3. The number of sulfonamides is 1. The molecule has 52 heavy (non-hydrogen) atoms. The van der Waals surface area contributed by atoms with Gasteiger partial charge in [0.1, 0.15) is 0 Å². The highest BCUT2D eigenvalue weighted by Gasteiger charge is 2.25. The largest absolute Gasteiger partial charge is 0.748 e. The molecule has 5 rings (SSSR count). The van der Waals surface area contributed by atoms with Gasteiger partial charge in [-0.15, -0.1) is 0 Å². The van der Waals surface area contributed by atoms with Gasteiger partial charge < -0.3 is 15.6 Å². The fourth-order valence-electron chi connectivity index (χ4n) is 4.40. The fourth-order valence-corrected chi connectivity index (χ4v) is 7.59. The van der Waals surface area contributed by atoms with Gasteiger partial charge in [0.15, 0.2) is 0 Å². The molecule has 0 aromatic heterocycles. The first kappa shape index (κ1) is 48.4. The summed E-state index contributed by atoms with van der Waals surface area (Å²) in [5, 5.41) is -0.0312. The summed E-state index contributed by atoms with van der Waals surface area (Å²) in [6, 6.07) is 29.7. The van der Waals surface area contributed by atoms with Crippen LogP contribution in [0, 0.1) is 0 Å². The minimum absolute atomic E-state index is 0.201. The van der Waals surface area contributed by atoms with Crippen molar-refractivity contribution in [1.82, 2.24) is 9.62 Å². The maximum absolute atomic E-state index is 11.7. The predicted molar refractivity (Wildman–Crippen MR) is 210 cm³/mol. The maximum atomic E-state index is 11.7. The summed E-state index contributed by atoms with van der Waals surface area (Å²) in [4.78, 5) is 0. The lowest BCUT2D eigenvalue weighted by Crippen LogP contribution is -2.37. The highest BCUT2D eigenvalue weighted by molar-refractivity contribution is 8.24. The van der Waals surface area contributed by atoms with Gasteiger partial charge in [0.05, 0.1) is 28.2 Å². The summed E-state index contributed by atoms with van der Waals surface area (Å²) >= 11 is 13.8. The molecule has 0 aliphatic carbocycles. The van der Waals surface area contributed by atoms with Crippen LogP contribution in [0.25, 0.3) is 0 Å². The van der Waals surface area contributed by atoms with Gasteiger partial charge in [-0.25, -0.2) is 16.8 Å². The topological polar surface area (TPSA) is 193 Å². The Morgan fingerprint density at radius 2 is 1.27 bits per heavy atom. The molecule has 0 spiro atoms. The molecule has 12 nitrogen and oxygen atoms in total. The summed E-state index contributed by atoms with van der Waals surface area (Å²) in [5.74, 6) is 0.243. The Balaban J connectivity index is 0.000000345. The molecule has 0 atom stereocenters. The Labute approximate surface area is 324 Å². The highest BCUT2D eigenvalue weighted by atomic mass is 36.0. The van der Waals surface area contributed by atoms with Crippen molar-refractivity contribution in [3.63, 3.8) is 0 Å². The van der Waals surface area contributed by atoms with E-state index in [4.69, 9.17) is 5.73 Å². The van der Waals surface area contributed by atoms with Crippen LogP contribution < -0.4 is 11.1 Å². The normalized spacial score (nSPS) is 16.5. The third kappa shape index (κ3) is 27.9. The molecule has 2 aliphatic rings. The van der Waals surface area contributed by atoms with E-state index in [-0.39, 0.29) is 11.5 Å². The van der Waals surface area contributed by atoms with Crippen LogP contribution in [-0.4, -0.2) is 71.1 Å². The first-order chi connectivity index (χ1) is 24.4. The Hall–Kier alpha value is -1.59. The standard InChI is InChI=1S/C11H17NO3S.C11H15NO2S.C7H9N.C4H8O3S.Cl3OP/c13-16(14,15)9-5-4-8-12-10-11-6-2-1-3-7-11;13-15(14)9-5-4-8-12(15)10-11-6-2-1-3-7-11;8-6-7-4-2-1-3-5-7;5-8(6)4-2-1-3-7-8;1-5(2,3)4/h1-3,6-7,12H,4-5,8-10H2,(H,13,14,15);1-3,6-7H,4-5,8-10H2;1-5H,6,8H2;1-4H2;/p-1. The van der Waals surface area contributed by atoms with Crippen LogP contribution in [0.15, 0.2) is 91.0 Å². The van der Waals surface area contributed by atoms with E-state index in [9.17, 15) is 34.4 Å². The van der Waals surface area contributed by atoms with Gasteiger partial charge in [0.25, 0.3) is 10.1 Å². The number of rotatable bonds is 10. The predicted octanol–water partition coefficient (Wildman–Crippen LogP) is 6.80. The SMILES string of the molecule is NCc1ccccc1.O=P(Cl)(Cl)Cl.O=S(=O)([O-])CCCCNCc1ccccc1.O=S1(=O)CCCCN1Cc1ccccc1.O=S1(=O)CCCCO1. The first-order valence-electron chi connectivity index (χ1n) is 16.4. The van der Waals surface area contributed by atoms with E-state index in [2.05, 4.69) is 43.2 Å². The molecule has 2 aliphatic heterocycles. The van der Waals surface area contributed by atoms with E-state index in [1.807, 2.05) is 91.0 Å². The lowest BCUT2D eigenvalue weighted by molar-refractivity contribution is 0.292. The van der Waals surface area contributed by atoms with Gasteiger partial charge in [-0.2, -0.15) is 12.7 Å². The lowest BCUT2D eigenvalue weighted by Gasteiger charge is -2.26. The van der Waals surface area contributed by atoms with Crippen molar-refractivity contribution in [3.8, 4) is 0 Å². The third-order valence-electron chi connectivity index (χ3n) is 6.95. The van der Waals surface area contributed by atoms with E-state index in [0.717, 1.165) is 44.3 Å². The van der Waals surface area contributed by atoms with Crippen LogP contribution in [0.4, 0.5) is 0 Å². The van der Waals surface area contributed by atoms with E-state index in [0.29, 0.717) is 44.8 Å². The number of nitrogens with two attached hydrogens (primary N) is 1. The Bertz CT molecular complexity index is 1740. The molecule has 2 saturated heterocycles. The number of hydrogen-bond donors (Lipinski definition) is 2. The molecule has 0 unspecified atom stereocenters. The van der Waals surface area contributed by atoms with Gasteiger partial charge in [0, 0.05) is 31.9 Å². The molecule has 0 bridgehead atoms. The zero-order valence-corrected chi connectivity index (χ0v) is 34.4.